The number of nitrogens with zero attached hydrogens (tertiary/aromatic N) is 7. The second-order valence-electron chi connectivity index (χ2n) is 11.9. The fraction of sp³-hybridized carbons (Fsp3) is 0.448. The molecule has 0 unspecified atom stereocenters. The highest BCUT2D eigenvalue weighted by molar-refractivity contribution is 5.89. The number of carbonyl (C=O) groups excluding carboxylic acids is 1. The zero-order valence-electron chi connectivity index (χ0n) is 23.7. The van der Waals surface area contributed by atoms with Gasteiger partial charge in [-0.15, -0.1) is 0 Å². The second-order valence-corrected chi connectivity index (χ2v) is 11.9. The monoisotopic (exact) mass is 557 g/mol. The number of fused-ring (bicyclic) bond motifs is 1. The fourth-order valence-electron chi connectivity index (χ4n) is 5.34. The molecule has 4 heterocycles. The highest BCUT2D eigenvalue weighted by Crippen LogP contribution is 2.35. The molecule has 0 saturated heterocycles. The van der Waals surface area contributed by atoms with Gasteiger partial charge in [-0.2, -0.15) is 10.1 Å². The number of aliphatic hydroxyl groups is 1. The van der Waals surface area contributed by atoms with Crippen LogP contribution in [0.1, 0.15) is 73.7 Å². The number of amides is 1. The van der Waals surface area contributed by atoms with Crippen molar-refractivity contribution in [2.75, 3.05) is 11.9 Å². The minimum atomic E-state index is -0.387. The van der Waals surface area contributed by atoms with Crippen LogP contribution in [0.5, 0.6) is 0 Å². The number of hydrogen-bond donors (Lipinski definition) is 3. The summed E-state index contributed by atoms with van der Waals surface area (Å²) in [6.07, 6.45) is 7.31. The largest absolute Gasteiger partial charge is 0.393 e. The highest BCUT2D eigenvalue weighted by atomic mass is 16.5. The SMILES string of the molecule is Cn1cc(Nc2nccc(-c3ccc4c(c3)CN(C3CC(O)C3)CC[C@H]4NC(=O)c3nc(C(C)(C)C)no3)n2)cn1. The maximum absolute atomic E-state index is 13.2. The third-order valence-corrected chi connectivity index (χ3v) is 7.71. The normalized spacial score (nSPS) is 21.0. The first kappa shape index (κ1) is 27.0. The molecule has 1 atom stereocenters. The zero-order valence-corrected chi connectivity index (χ0v) is 23.7. The maximum atomic E-state index is 13.2. The van der Waals surface area contributed by atoms with Crippen molar-refractivity contribution in [3.05, 3.63) is 65.7 Å². The number of hydrogen-bond acceptors (Lipinski definition) is 10. The van der Waals surface area contributed by atoms with Crippen molar-refractivity contribution in [2.45, 2.75) is 70.2 Å². The van der Waals surface area contributed by atoms with Crippen LogP contribution in [0.3, 0.4) is 0 Å². The first-order valence-electron chi connectivity index (χ1n) is 13.9. The Bertz CT molecular complexity index is 1550. The lowest BCUT2D eigenvalue weighted by molar-refractivity contribution is -0.00200. The van der Waals surface area contributed by atoms with Crippen LogP contribution in [0, 0.1) is 0 Å². The molecule has 3 aromatic heterocycles. The average molecular weight is 558 g/mol. The Balaban J connectivity index is 1.28. The van der Waals surface area contributed by atoms with E-state index < -0.39 is 0 Å². The predicted octanol–water partition coefficient (Wildman–Crippen LogP) is 3.50. The molecule has 1 aromatic carbocycles. The molecule has 3 N–H and O–H groups in total. The van der Waals surface area contributed by atoms with Crippen molar-refractivity contribution in [3.63, 3.8) is 0 Å². The summed E-state index contributed by atoms with van der Waals surface area (Å²) in [5.74, 6) is 0.550. The van der Waals surface area contributed by atoms with Crippen LogP contribution >= 0.6 is 0 Å². The molecule has 41 heavy (non-hydrogen) atoms. The van der Waals surface area contributed by atoms with Gasteiger partial charge in [-0.05, 0) is 42.5 Å². The molecule has 0 radical (unpaired) electrons. The van der Waals surface area contributed by atoms with E-state index in [2.05, 4.69) is 47.9 Å². The van der Waals surface area contributed by atoms with E-state index in [9.17, 15) is 9.90 Å². The molecule has 1 fully saturated rings. The topological polar surface area (TPSA) is 147 Å². The molecule has 12 nitrogen and oxygen atoms in total. The summed E-state index contributed by atoms with van der Waals surface area (Å²) in [7, 11) is 1.85. The third kappa shape index (κ3) is 5.84. The number of nitrogens with one attached hydrogen (secondary N) is 2. The lowest BCUT2D eigenvalue weighted by atomic mass is 9.88. The zero-order chi connectivity index (χ0) is 28.7. The van der Waals surface area contributed by atoms with Gasteiger partial charge >= 0.3 is 11.8 Å². The number of benzene rings is 1. The fourth-order valence-corrected chi connectivity index (χ4v) is 5.34. The highest BCUT2D eigenvalue weighted by Gasteiger charge is 2.35. The van der Waals surface area contributed by atoms with Crippen LogP contribution in [0.25, 0.3) is 11.3 Å². The Kier molecular flexibility index (Phi) is 7.04. The number of rotatable bonds is 6. The molecule has 2 aliphatic rings. The van der Waals surface area contributed by atoms with E-state index in [1.165, 1.54) is 0 Å². The molecule has 1 amide bonds. The van der Waals surface area contributed by atoms with Crippen LogP contribution in [-0.2, 0) is 19.0 Å². The first-order chi connectivity index (χ1) is 19.6. The number of aromatic nitrogens is 6. The quantitative estimate of drug-likeness (QED) is 0.322. The molecular weight excluding hydrogens is 522 g/mol. The van der Waals surface area contributed by atoms with E-state index in [1.807, 2.05) is 46.1 Å². The maximum Gasteiger partial charge on any atom is 0.315 e. The van der Waals surface area contributed by atoms with Crippen LogP contribution in [0.2, 0.25) is 0 Å². The van der Waals surface area contributed by atoms with Gasteiger partial charge in [0.15, 0.2) is 5.82 Å². The van der Waals surface area contributed by atoms with Crippen LogP contribution in [0.15, 0.2) is 47.4 Å². The van der Waals surface area contributed by atoms with Crippen LogP contribution in [-0.4, -0.2) is 64.5 Å². The number of carbonyl (C=O) groups is 1. The van der Waals surface area contributed by atoms with Gasteiger partial charge in [-0.1, -0.05) is 38.1 Å². The van der Waals surface area contributed by atoms with E-state index in [-0.39, 0.29) is 29.4 Å². The molecule has 214 valence electrons. The molecule has 1 aliphatic heterocycles. The van der Waals surface area contributed by atoms with E-state index in [1.54, 1.807) is 17.1 Å². The Morgan fingerprint density at radius 1 is 1.17 bits per heavy atom. The summed E-state index contributed by atoms with van der Waals surface area (Å²) in [6, 6.07) is 8.20. The van der Waals surface area contributed by atoms with Crippen molar-refractivity contribution in [2.24, 2.45) is 7.05 Å². The van der Waals surface area contributed by atoms with E-state index in [0.29, 0.717) is 24.4 Å². The molecule has 4 aromatic rings. The minimum absolute atomic E-state index is 0.0362. The van der Waals surface area contributed by atoms with E-state index >= 15 is 0 Å². The Hall–Kier alpha value is -4.16. The summed E-state index contributed by atoms with van der Waals surface area (Å²) >= 11 is 0. The van der Waals surface area contributed by atoms with Gasteiger partial charge in [-0.25, -0.2) is 9.97 Å². The smallest absolute Gasteiger partial charge is 0.315 e. The van der Waals surface area contributed by atoms with Crippen molar-refractivity contribution in [1.82, 2.24) is 40.1 Å². The molecule has 12 heteroatoms. The third-order valence-electron chi connectivity index (χ3n) is 7.71. The predicted molar refractivity (Wildman–Crippen MR) is 151 cm³/mol. The van der Waals surface area contributed by atoms with E-state index in [4.69, 9.17) is 9.51 Å². The van der Waals surface area contributed by atoms with Crippen molar-refractivity contribution in [3.8, 4) is 11.3 Å². The minimum Gasteiger partial charge on any atom is -0.393 e. The first-order valence-corrected chi connectivity index (χ1v) is 13.9. The number of aliphatic hydroxyl groups excluding tert-OH is 1. The molecule has 0 bridgehead atoms. The Morgan fingerprint density at radius 2 is 2.00 bits per heavy atom. The summed E-state index contributed by atoms with van der Waals surface area (Å²) in [5.41, 5.74) is 4.36. The summed E-state index contributed by atoms with van der Waals surface area (Å²) in [4.78, 5) is 29.0. The van der Waals surface area contributed by atoms with Crippen molar-refractivity contribution >= 4 is 17.5 Å². The molecular formula is C29H35N9O3. The van der Waals surface area contributed by atoms with Gasteiger partial charge in [-0.3, -0.25) is 14.4 Å². The van der Waals surface area contributed by atoms with Gasteiger partial charge in [0.2, 0.25) is 5.95 Å². The number of anilines is 2. The summed E-state index contributed by atoms with van der Waals surface area (Å²) in [6.45, 7) is 7.42. The lowest BCUT2D eigenvalue weighted by Gasteiger charge is -2.40. The van der Waals surface area contributed by atoms with Crippen molar-refractivity contribution < 1.29 is 14.4 Å². The van der Waals surface area contributed by atoms with Crippen molar-refractivity contribution in [1.29, 1.82) is 0 Å². The average Bonchev–Trinajstić information content (AvgIpc) is 3.54. The van der Waals surface area contributed by atoms with Crippen LogP contribution in [0.4, 0.5) is 11.6 Å². The molecule has 1 saturated carbocycles. The van der Waals surface area contributed by atoms with Gasteiger partial charge in [0.1, 0.15) is 0 Å². The summed E-state index contributed by atoms with van der Waals surface area (Å²) < 4.78 is 7.02. The van der Waals surface area contributed by atoms with Crippen LogP contribution < -0.4 is 10.6 Å². The molecule has 6 rings (SSSR count). The number of aryl methyl sites for hydroxylation is 1. The Labute approximate surface area is 238 Å². The van der Waals surface area contributed by atoms with Gasteiger partial charge in [0, 0.05) is 49.6 Å². The molecule has 1 aliphatic carbocycles. The van der Waals surface area contributed by atoms with Gasteiger partial charge in [0.05, 0.1) is 29.7 Å². The Morgan fingerprint density at radius 3 is 2.71 bits per heavy atom. The van der Waals surface area contributed by atoms with E-state index in [0.717, 1.165) is 53.9 Å². The standard InChI is InChI=1S/C29H35N9O3/c1-29(2,3)27-35-26(41-36-27)25(40)33-24-8-10-38(20-12-21(39)13-20)15-18-11-17(5-6-22(18)24)23-7-9-30-28(34-23)32-19-14-31-37(4)16-19/h5-7,9,11,14,16,20-21,24,39H,8,10,12-13,15H2,1-4H3,(H,33,40)(H,30,32,34)/t20?,21?,24-/m1/s1. The van der Waals surface area contributed by atoms with Gasteiger partial charge in [0.25, 0.3) is 0 Å². The molecule has 0 spiro atoms. The second kappa shape index (κ2) is 10.7. The summed E-state index contributed by atoms with van der Waals surface area (Å²) in [5, 5.41) is 24.5. The van der Waals surface area contributed by atoms with Gasteiger partial charge < -0.3 is 20.3 Å². The lowest BCUT2D eigenvalue weighted by Crippen LogP contribution is -2.47.